The molecule has 7 heteroatoms. The highest BCUT2D eigenvalue weighted by molar-refractivity contribution is 6.58. The van der Waals surface area contributed by atoms with Gasteiger partial charge < -0.3 is 22.3 Å². The highest BCUT2D eigenvalue weighted by Gasteiger charge is 2.51. The minimum absolute atomic E-state index is 0.507. The number of aromatic nitrogens is 1. The number of allylic oxidation sites excluding steroid dienone is 4. The zero-order chi connectivity index (χ0) is 15.3. The average Bonchev–Trinajstić information content (AvgIpc) is 3.17. The van der Waals surface area contributed by atoms with Gasteiger partial charge in [-0.05, 0) is 37.2 Å². The van der Waals surface area contributed by atoms with Gasteiger partial charge in [0.05, 0.1) is 18.4 Å². The second kappa shape index (κ2) is 4.53. The lowest BCUT2D eigenvalue weighted by molar-refractivity contribution is -0.356. The SMILES string of the molecule is COC1=CCCC(C2=C3C=CC=[N+]3[B-](F)(F)n3cccc32)=N1. The van der Waals surface area contributed by atoms with Crippen molar-refractivity contribution < 1.29 is 17.9 Å². The summed E-state index contributed by atoms with van der Waals surface area (Å²) in [5.41, 5.74) is 2.55. The number of halogens is 2. The number of ether oxygens (including phenoxy) is 1. The minimum Gasteiger partial charge on any atom is -0.481 e. The number of fused-ring (bicyclic) bond motifs is 2. The number of hydrogen-bond acceptors (Lipinski definition) is 2. The van der Waals surface area contributed by atoms with Crippen molar-refractivity contribution in [2.24, 2.45) is 4.99 Å². The van der Waals surface area contributed by atoms with Gasteiger partial charge in [-0.1, -0.05) is 0 Å². The number of rotatable bonds is 2. The molecule has 0 radical (unpaired) electrons. The molecule has 0 aliphatic carbocycles. The molecule has 0 saturated carbocycles. The average molecular weight is 301 g/mol. The van der Waals surface area contributed by atoms with E-state index >= 15 is 0 Å². The lowest BCUT2D eigenvalue weighted by atomic mass is 9.86. The molecule has 4 nitrogen and oxygen atoms in total. The van der Waals surface area contributed by atoms with E-state index < -0.39 is 6.97 Å². The normalized spacial score (nSPS) is 21.9. The Labute approximate surface area is 126 Å². The van der Waals surface area contributed by atoms with Gasteiger partial charge in [0, 0.05) is 17.8 Å². The fourth-order valence-electron chi connectivity index (χ4n) is 3.19. The van der Waals surface area contributed by atoms with Gasteiger partial charge >= 0.3 is 6.97 Å². The first-order chi connectivity index (χ1) is 10.6. The smallest absolute Gasteiger partial charge is 0.481 e. The molecule has 0 spiro atoms. The maximum absolute atomic E-state index is 14.6. The fraction of sp³-hybridized carbons (Fsp3) is 0.200. The van der Waals surface area contributed by atoms with Gasteiger partial charge in [0.25, 0.3) is 0 Å². The molecule has 0 atom stereocenters. The summed E-state index contributed by atoms with van der Waals surface area (Å²) in [6.07, 6.45) is 9.61. The maximum Gasteiger partial charge on any atom is 0.737 e. The Hall–Kier alpha value is -2.44. The lowest BCUT2D eigenvalue weighted by Gasteiger charge is -2.31. The molecule has 4 rings (SSSR count). The molecule has 0 saturated heterocycles. The Balaban J connectivity index is 1.96. The van der Waals surface area contributed by atoms with Crippen LogP contribution in [0.15, 0.2) is 53.1 Å². The molecule has 112 valence electrons. The summed E-state index contributed by atoms with van der Waals surface area (Å²) in [7, 11) is 1.56. The molecule has 0 bridgehead atoms. The van der Waals surface area contributed by atoms with E-state index in [1.54, 1.807) is 31.4 Å². The van der Waals surface area contributed by atoms with Crippen molar-refractivity contribution in [3.63, 3.8) is 0 Å². The number of aliphatic imine (C=N–C) groups is 1. The molecule has 3 aliphatic heterocycles. The number of methoxy groups -OCH3 is 1. The third-order valence-corrected chi connectivity index (χ3v) is 4.18. The first-order valence-electron chi connectivity index (χ1n) is 7.19. The van der Waals surface area contributed by atoms with Crippen LogP contribution in [0.1, 0.15) is 18.5 Å². The van der Waals surface area contributed by atoms with Crippen molar-refractivity contribution in [2.75, 3.05) is 7.11 Å². The molecule has 22 heavy (non-hydrogen) atoms. The fourth-order valence-corrected chi connectivity index (χ4v) is 3.19. The third-order valence-electron chi connectivity index (χ3n) is 4.18. The zero-order valence-corrected chi connectivity index (χ0v) is 12.0. The van der Waals surface area contributed by atoms with Gasteiger partial charge in [-0.25, -0.2) is 4.99 Å². The number of nitrogens with zero attached hydrogens (tertiary/aromatic N) is 3. The molecule has 0 N–H and O–H groups in total. The van der Waals surface area contributed by atoms with Crippen LogP contribution >= 0.6 is 0 Å². The van der Waals surface area contributed by atoms with E-state index in [4.69, 9.17) is 4.74 Å². The van der Waals surface area contributed by atoms with E-state index in [0.717, 1.165) is 26.7 Å². The van der Waals surface area contributed by atoms with Gasteiger partial charge in [-0.15, -0.1) is 0 Å². The molecular formula is C15H14BF2N3O. The molecule has 0 unspecified atom stereocenters. The van der Waals surface area contributed by atoms with E-state index in [1.807, 2.05) is 6.08 Å². The Bertz CT molecular complexity index is 815. The molecular weight excluding hydrogens is 287 g/mol. The second-order valence-electron chi connectivity index (χ2n) is 5.41. The van der Waals surface area contributed by atoms with Crippen LogP contribution in [0.2, 0.25) is 0 Å². The molecule has 0 amide bonds. The van der Waals surface area contributed by atoms with E-state index in [2.05, 4.69) is 4.99 Å². The molecule has 3 aliphatic rings. The Morgan fingerprint density at radius 1 is 1.41 bits per heavy atom. The lowest BCUT2D eigenvalue weighted by Crippen LogP contribution is -2.49. The summed E-state index contributed by atoms with van der Waals surface area (Å²) in [5, 5.41) is 0. The highest BCUT2D eigenvalue weighted by Crippen LogP contribution is 2.37. The molecule has 0 fully saturated rings. The van der Waals surface area contributed by atoms with Crippen LogP contribution in [0.3, 0.4) is 0 Å². The van der Waals surface area contributed by atoms with Gasteiger partial charge in [-0.3, -0.25) is 0 Å². The van der Waals surface area contributed by atoms with E-state index in [0.29, 0.717) is 23.7 Å². The summed E-state index contributed by atoms with van der Waals surface area (Å²) in [6, 6.07) is 3.36. The molecule has 0 aromatic carbocycles. The van der Waals surface area contributed by atoms with Crippen molar-refractivity contribution >= 4 is 24.5 Å². The van der Waals surface area contributed by atoms with Crippen LogP contribution in [0.25, 0.3) is 5.57 Å². The topological polar surface area (TPSA) is 29.5 Å². The molecule has 1 aromatic heterocycles. The maximum atomic E-state index is 14.6. The van der Waals surface area contributed by atoms with Gasteiger partial charge in [0.1, 0.15) is 6.21 Å². The summed E-state index contributed by atoms with van der Waals surface area (Å²) in [6.45, 7) is -3.85. The second-order valence-corrected chi connectivity index (χ2v) is 5.41. The van der Waals surface area contributed by atoms with Crippen molar-refractivity contribution in [1.29, 1.82) is 0 Å². The Morgan fingerprint density at radius 3 is 3.09 bits per heavy atom. The Kier molecular flexibility index (Phi) is 2.73. The van der Waals surface area contributed by atoms with Crippen molar-refractivity contribution in [2.45, 2.75) is 12.8 Å². The van der Waals surface area contributed by atoms with Crippen molar-refractivity contribution in [3.05, 3.63) is 53.8 Å². The van der Waals surface area contributed by atoms with E-state index in [9.17, 15) is 8.63 Å². The van der Waals surface area contributed by atoms with Crippen LogP contribution in [-0.4, -0.2) is 35.0 Å². The van der Waals surface area contributed by atoms with E-state index in [1.165, 1.54) is 12.4 Å². The van der Waals surface area contributed by atoms with Gasteiger partial charge in [0.15, 0.2) is 5.70 Å². The monoisotopic (exact) mass is 301 g/mol. The zero-order valence-electron chi connectivity index (χ0n) is 12.0. The predicted octanol–water partition coefficient (Wildman–Crippen LogP) is 2.81. The standard InChI is InChI=1S/C15H14BF2N3O/c1-22-14-8-2-5-11(19-14)15-12-6-3-9-20(12)16(17,18)21-10-4-7-13(15)21/h3-4,6-10H,2,5H2,1H3. The van der Waals surface area contributed by atoms with Gasteiger partial charge in [-0.2, -0.15) is 0 Å². The first-order valence-corrected chi connectivity index (χ1v) is 7.19. The highest BCUT2D eigenvalue weighted by atomic mass is 19.2. The Morgan fingerprint density at radius 2 is 2.27 bits per heavy atom. The van der Waals surface area contributed by atoms with Crippen LogP contribution < -0.4 is 0 Å². The number of hydrogen-bond donors (Lipinski definition) is 0. The van der Waals surface area contributed by atoms with E-state index in [-0.39, 0.29) is 0 Å². The summed E-state index contributed by atoms with van der Waals surface area (Å²) in [5.74, 6) is 0.535. The molecule has 4 heterocycles. The van der Waals surface area contributed by atoms with Gasteiger partial charge in [0.2, 0.25) is 5.88 Å². The van der Waals surface area contributed by atoms with Crippen LogP contribution in [0.5, 0.6) is 0 Å². The van der Waals surface area contributed by atoms with Crippen LogP contribution in [-0.2, 0) is 4.74 Å². The predicted molar refractivity (Wildman–Crippen MR) is 81.9 cm³/mol. The summed E-state index contributed by atoms with van der Waals surface area (Å²) >= 11 is 0. The summed E-state index contributed by atoms with van der Waals surface area (Å²) < 4.78 is 36.6. The molecule has 1 aromatic rings. The third kappa shape index (κ3) is 1.68. The van der Waals surface area contributed by atoms with Crippen LogP contribution in [0, 0.1) is 0 Å². The van der Waals surface area contributed by atoms with Crippen molar-refractivity contribution in [3.8, 4) is 0 Å². The minimum atomic E-state index is -3.85. The largest absolute Gasteiger partial charge is 0.737 e. The quantitative estimate of drug-likeness (QED) is 0.772. The van der Waals surface area contributed by atoms with Crippen molar-refractivity contribution in [1.82, 2.24) is 4.48 Å². The first kappa shape index (κ1) is 13.2. The van der Waals surface area contributed by atoms with Crippen LogP contribution in [0.4, 0.5) is 8.63 Å². The summed E-state index contributed by atoms with van der Waals surface area (Å²) in [4.78, 5) is 4.48.